The lowest BCUT2D eigenvalue weighted by molar-refractivity contribution is -0.385. The second kappa shape index (κ2) is 14.8. The maximum atomic E-state index is 11.5. The number of nitro groups is 2. The van der Waals surface area contributed by atoms with Crippen LogP contribution < -0.4 is 0 Å². The Kier molecular flexibility index (Phi) is 12.5. The van der Waals surface area contributed by atoms with Gasteiger partial charge in [0.05, 0.1) is 35.9 Å². The molecule has 0 aliphatic rings. The summed E-state index contributed by atoms with van der Waals surface area (Å²) in [5.41, 5.74) is 2.65. The number of hydrogen-bond acceptors (Lipinski definition) is 8. The van der Waals surface area contributed by atoms with E-state index in [1.807, 2.05) is 19.9 Å². The Morgan fingerprint density at radius 1 is 0.737 bits per heavy atom. The highest BCUT2D eigenvalue weighted by atomic mass is 16.6. The van der Waals surface area contributed by atoms with E-state index in [0.29, 0.717) is 34.9 Å². The maximum absolute atomic E-state index is 11.5. The molecule has 0 aromatic heterocycles. The molecule has 0 radical (unpaired) electrons. The van der Waals surface area contributed by atoms with Crippen molar-refractivity contribution in [3.8, 4) is 0 Å². The first-order chi connectivity index (χ1) is 17.7. The Bertz CT molecular complexity index is 1140. The van der Waals surface area contributed by atoms with Gasteiger partial charge in [-0.15, -0.1) is 0 Å². The summed E-state index contributed by atoms with van der Waals surface area (Å²) < 4.78 is 9.29. The molecule has 0 saturated carbocycles. The van der Waals surface area contributed by atoms with Crippen LogP contribution in [0.1, 0.15) is 75.6 Å². The van der Waals surface area contributed by atoms with Gasteiger partial charge >= 0.3 is 11.9 Å². The second-order valence-electron chi connectivity index (χ2n) is 9.98. The maximum Gasteiger partial charge on any atom is 0.313 e. The van der Waals surface area contributed by atoms with Crippen molar-refractivity contribution in [1.82, 2.24) is 0 Å². The van der Waals surface area contributed by atoms with Crippen LogP contribution in [-0.2, 0) is 31.9 Å². The van der Waals surface area contributed by atoms with Crippen molar-refractivity contribution >= 4 is 23.3 Å². The molecule has 0 amide bonds. The molecule has 38 heavy (non-hydrogen) atoms. The van der Waals surface area contributed by atoms with Crippen LogP contribution in [0.25, 0.3) is 0 Å². The Morgan fingerprint density at radius 2 is 1.26 bits per heavy atom. The van der Waals surface area contributed by atoms with Gasteiger partial charge in [0.15, 0.2) is 0 Å². The van der Waals surface area contributed by atoms with Crippen molar-refractivity contribution in [2.24, 2.45) is 11.8 Å². The third kappa shape index (κ3) is 9.24. The van der Waals surface area contributed by atoms with E-state index in [1.165, 1.54) is 20.3 Å². The number of ether oxygens (including phenoxy) is 2. The summed E-state index contributed by atoms with van der Waals surface area (Å²) in [6, 6.07) is 9.99. The van der Waals surface area contributed by atoms with Crippen molar-refractivity contribution in [2.45, 2.75) is 66.2 Å². The van der Waals surface area contributed by atoms with Crippen LogP contribution in [0.3, 0.4) is 0 Å². The lowest BCUT2D eigenvalue weighted by Gasteiger charge is -2.12. The first kappa shape index (κ1) is 32.2. The van der Waals surface area contributed by atoms with E-state index < -0.39 is 33.6 Å². The number of rotatable bonds is 10. The molecule has 2 aromatic rings. The summed E-state index contributed by atoms with van der Waals surface area (Å²) in [4.78, 5) is 44.4. The molecule has 0 heterocycles. The third-order valence-electron chi connectivity index (χ3n) is 5.95. The molecule has 2 atom stereocenters. The van der Waals surface area contributed by atoms with Gasteiger partial charge in [-0.2, -0.15) is 0 Å². The molecule has 10 nitrogen and oxygen atoms in total. The van der Waals surface area contributed by atoms with Crippen molar-refractivity contribution in [2.75, 3.05) is 14.2 Å². The van der Waals surface area contributed by atoms with E-state index in [-0.39, 0.29) is 11.4 Å². The topological polar surface area (TPSA) is 139 Å². The van der Waals surface area contributed by atoms with Gasteiger partial charge in [-0.05, 0) is 49.7 Å². The predicted octanol–water partition coefficient (Wildman–Crippen LogP) is 6.14. The highest BCUT2D eigenvalue weighted by Gasteiger charge is 2.25. The smallest absolute Gasteiger partial charge is 0.313 e. The lowest BCUT2D eigenvalue weighted by Crippen LogP contribution is -2.13. The van der Waals surface area contributed by atoms with Gasteiger partial charge in [-0.3, -0.25) is 29.8 Å². The predicted molar refractivity (Wildman–Crippen MR) is 144 cm³/mol. The number of benzene rings is 2. The van der Waals surface area contributed by atoms with E-state index in [9.17, 15) is 29.8 Å². The number of carbonyl (C=O) groups is 2. The summed E-state index contributed by atoms with van der Waals surface area (Å²) in [7, 11) is 2.58. The zero-order valence-corrected chi connectivity index (χ0v) is 23.3. The fourth-order valence-corrected chi connectivity index (χ4v) is 3.96. The quantitative estimate of drug-likeness (QED) is 0.203. The lowest BCUT2D eigenvalue weighted by atomic mass is 9.95. The monoisotopic (exact) mass is 530 g/mol. The van der Waals surface area contributed by atoms with Gasteiger partial charge in [0.1, 0.15) is 0 Å². The second-order valence-corrected chi connectivity index (χ2v) is 9.98. The van der Waals surface area contributed by atoms with E-state index in [2.05, 4.69) is 23.3 Å². The van der Waals surface area contributed by atoms with Gasteiger partial charge in [-0.25, -0.2) is 0 Å². The summed E-state index contributed by atoms with van der Waals surface area (Å²) >= 11 is 0. The molecule has 2 rings (SSSR count). The van der Waals surface area contributed by atoms with Crippen molar-refractivity contribution < 1.29 is 28.9 Å². The summed E-state index contributed by atoms with van der Waals surface area (Å²) in [5.74, 6) is -1.26. The fourth-order valence-electron chi connectivity index (χ4n) is 3.96. The number of carbonyl (C=O) groups excluding carboxylic acids is 2. The Balaban J connectivity index is 0.000000380. The molecule has 0 bridgehead atoms. The van der Waals surface area contributed by atoms with Crippen molar-refractivity contribution in [1.29, 1.82) is 0 Å². The number of nitrogens with zero attached hydrogens (tertiary/aromatic N) is 2. The molecule has 0 N–H and O–H groups in total. The van der Waals surface area contributed by atoms with E-state index >= 15 is 0 Å². The summed E-state index contributed by atoms with van der Waals surface area (Å²) in [6.45, 7) is 11.4. The summed E-state index contributed by atoms with van der Waals surface area (Å²) in [5, 5.41) is 22.2. The van der Waals surface area contributed by atoms with E-state index in [1.54, 1.807) is 38.1 Å². The first-order valence-corrected chi connectivity index (χ1v) is 12.4. The van der Waals surface area contributed by atoms with Crippen LogP contribution in [0.4, 0.5) is 11.4 Å². The average molecular weight is 531 g/mol. The number of nitro benzene ring substituents is 2. The van der Waals surface area contributed by atoms with Gasteiger partial charge < -0.3 is 9.47 Å². The molecule has 0 aliphatic carbocycles. The normalized spacial score (nSPS) is 12.3. The Morgan fingerprint density at radius 3 is 1.74 bits per heavy atom. The number of hydrogen-bond donors (Lipinski definition) is 0. The molecule has 0 saturated heterocycles. The minimum atomic E-state index is -0.640. The highest BCUT2D eigenvalue weighted by molar-refractivity contribution is 5.79. The zero-order chi connectivity index (χ0) is 29.2. The standard InChI is InChI=1S/2C14H19NO4/c1-9(2)7-12-6-5-11(8-13(12)15(17)18)10(3)14(16)19-4;1-9(2)7-11-5-6-12(10(3)14(16)19-4)13(8-11)15(17)18/h2*5-6,8-10H,7H2,1-4H3. The van der Waals surface area contributed by atoms with Gasteiger partial charge in [0.25, 0.3) is 11.4 Å². The minimum Gasteiger partial charge on any atom is -0.469 e. The van der Waals surface area contributed by atoms with E-state index in [0.717, 1.165) is 12.0 Å². The molecular formula is C28H38N2O8. The van der Waals surface area contributed by atoms with Crippen LogP contribution in [0.5, 0.6) is 0 Å². The van der Waals surface area contributed by atoms with Crippen molar-refractivity contribution in [3.05, 3.63) is 78.9 Å². The molecule has 0 fully saturated rings. The van der Waals surface area contributed by atoms with Gasteiger partial charge in [0, 0.05) is 23.3 Å². The summed E-state index contributed by atoms with van der Waals surface area (Å²) in [6.07, 6.45) is 1.41. The van der Waals surface area contributed by atoms with Crippen LogP contribution in [0, 0.1) is 32.1 Å². The molecule has 0 aliphatic heterocycles. The molecule has 2 unspecified atom stereocenters. The molecule has 0 spiro atoms. The zero-order valence-electron chi connectivity index (χ0n) is 23.3. The van der Waals surface area contributed by atoms with Crippen LogP contribution >= 0.6 is 0 Å². The van der Waals surface area contributed by atoms with E-state index in [4.69, 9.17) is 0 Å². The highest BCUT2D eigenvalue weighted by Crippen LogP contribution is 2.29. The first-order valence-electron chi connectivity index (χ1n) is 12.4. The molecular weight excluding hydrogens is 492 g/mol. The van der Waals surface area contributed by atoms with Crippen LogP contribution in [0.2, 0.25) is 0 Å². The Labute approximate surface area is 223 Å². The van der Waals surface area contributed by atoms with Crippen LogP contribution in [0.15, 0.2) is 36.4 Å². The van der Waals surface area contributed by atoms with Gasteiger partial charge in [-0.1, -0.05) is 52.0 Å². The van der Waals surface area contributed by atoms with Crippen molar-refractivity contribution in [3.63, 3.8) is 0 Å². The number of methoxy groups -OCH3 is 2. The largest absolute Gasteiger partial charge is 0.469 e. The SMILES string of the molecule is COC(=O)C(C)c1ccc(CC(C)C)c([N+](=O)[O-])c1.COC(=O)C(C)c1ccc(CC(C)C)cc1[N+](=O)[O-]. The van der Waals surface area contributed by atoms with Crippen LogP contribution in [-0.4, -0.2) is 36.0 Å². The average Bonchev–Trinajstić information content (AvgIpc) is 2.86. The molecule has 208 valence electrons. The van der Waals surface area contributed by atoms with Gasteiger partial charge in [0.2, 0.25) is 0 Å². The molecule has 10 heteroatoms. The Hall–Kier alpha value is -3.82. The fraction of sp³-hybridized carbons (Fsp3) is 0.500. The number of esters is 2. The third-order valence-corrected chi connectivity index (χ3v) is 5.95. The molecule has 2 aromatic carbocycles. The minimum absolute atomic E-state index is 0.0175.